The molecule has 110 valence electrons. The van der Waals surface area contributed by atoms with Gasteiger partial charge >= 0.3 is 0 Å². The quantitative estimate of drug-likeness (QED) is 0.775. The van der Waals surface area contributed by atoms with Crippen LogP contribution >= 0.6 is 15.9 Å². The van der Waals surface area contributed by atoms with Gasteiger partial charge in [-0.1, -0.05) is 28.1 Å². The van der Waals surface area contributed by atoms with Gasteiger partial charge in [-0.2, -0.15) is 0 Å². The highest BCUT2D eigenvalue weighted by molar-refractivity contribution is 9.10. The number of amides is 1. The Morgan fingerprint density at radius 2 is 2.00 bits per heavy atom. The fourth-order valence-electron chi connectivity index (χ4n) is 1.98. The number of carbonyl (C=O) groups excluding carboxylic acids is 1. The van der Waals surface area contributed by atoms with Crippen molar-refractivity contribution < 1.29 is 15.0 Å². The van der Waals surface area contributed by atoms with E-state index in [2.05, 4.69) is 21.2 Å². The first-order chi connectivity index (χ1) is 10.1. The monoisotopic (exact) mass is 349 g/mol. The summed E-state index contributed by atoms with van der Waals surface area (Å²) in [5.41, 5.74) is 1.93. The highest BCUT2D eigenvalue weighted by Crippen LogP contribution is 2.23. The van der Waals surface area contributed by atoms with E-state index in [-0.39, 0.29) is 23.8 Å². The van der Waals surface area contributed by atoms with E-state index in [1.54, 1.807) is 18.2 Å². The summed E-state index contributed by atoms with van der Waals surface area (Å²) in [5, 5.41) is 21.4. The molecule has 0 atom stereocenters. The predicted octanol–water partition coefficient (Wildman–Crippen LogP) is 3.33. The number of phenolic OH excluding ortho intramolecular Hbond substituents is 1. The predicted molar refractivity (Wildman–Crippen MR) is 85.6 cm³/mol. The maximum absolute atomic E-state index is 12.1. The van der Waals surface area contributed by atoms with Gasteiger partial charge in [0.15, 0.2) is 0 Å². The van der Waals surface area contributed by atoms with Crippen molar-refractivity contribution in [3.05, 3.63) is 58.1 Å². The summed E-state index contributed by atoms with van der Waals surface area (Å²) in [7, 11) is 0. The molecule has 2 aromatic carbocycles. The van der Waals surface area contributed by atoms with E-state index in [4.69, 9.17) is 5.11 Å². The number of aliphatic hydroxyl groups excluding tert-OH is 1. The van der Waals surface area contributed by atoms with Crippen molar-refractivity contribution in [1.82, 2.24) is 0 Å². The fourth-order valence-corrected chi connectivity index (χ4v) is 2.33. The Bertz CT molecular complexity index is 643. The summed E-state index contributed by atoms with van der Waals surface area (Å²) in [4.78, 5) is 12.1. The maximum Gasteiger partial charge on any atom is 0.259 e. The second kappa shape index (κ2) is 7.24. The highest BCUT2D eigenvalue weighted by atomic mass is 79.9. The number of anilines is 1. The maximum atomic E-state index is 12.1. The molecule has 1 amide bonds. The molecular weight excluding hydrogens is 334 g/mol. The largest absolute Gasteiger partial charge is 0.507 e. The molecule has 2 rings (SSSR count). The van der Waals surface area contributed by atoms with Crippen molar-refractivity contribution in [2.75, 3.05) is 11.9 Å². The average molecular weight is 350 g/mol. The van der Waals surface area contributed by atoms with Crippen molar-refractivity contribution in [2.24, 2.45) is 0 Å². The van der Waals surface area contributed by atoms with Gasteiger partial charge in [0, 0.05) is 16.8 Å². The summed E-state index contributed by atoms with van der Waals surface area (Å²) in [6.07, 6.45) is 1.44. The lowest BCUT2D eigenvalue weighted by atomic mass is 10.1. The Kier molecular flexibility index (Phi) is 5.36. The third-order valence-corrected chi connectivity index (χ3v) is 3.51. The van der Waals surface area contributed by atoms with Crippen LogP contribution in [0.5, 0.6) is 5.75 Å². The van der Waals surface area contributed by atoms with Gasteiger partial charge in [0.2, 0.25) is 0 Å². The zero-order valence-electron chi connectivity index (χ0n) is 11.3. The molecule has 5 heteroatoms. The molecule has 0 heterocycles. The second-order valence-corrected chi connectivity index (χ2v) is 5.56. The molecule has 3 N–H and O–H groups in total. The Morgan fingerprint density at radius 1 is 1.19 bits per heavy atom. The third kappa shape index (κ3) is 4.31. The summed E-state index contributed by atoms with van der Waals surface area (Å²) in [6, 6.07) is 12.2. The van der Waals surface area contributed by atoms with Crippen LogP contribution in [0.4, 0.5) is 5.69 Å². The minimum Gasteiger partial charge on any atom is -0.507 e. The SMILES string of the molecule is O=C(Nc1cccc(CCCO)c1)c1ccc(Br)cc1O. The molecule has 0 spiro atoms. The van der Waals surface area contributed by atoms with Crippen LogP contribution in [0.15, 0.2) is 46.9 Å². The number of nitrogens with one attached hydrogen (secondary N) is 1. The lowest BCUT2D eigenvalue weighted by Gasteiger charge is -2.08. The molecule has 0 radical (unpaired) electrons. The van der Waals surface area contributed by atoms with E-state index in [1.807, 2.05) is 18.2 Å². The van der Waals surface area contributed by atoms with Crippen LogP contribution in [0.1, 0.15) is 22.3 Å². The minimum absolute atomic E-state index is 0.0710. The van der Waals surface area contributed by atoms with Crippen molar-refractivity contribution in [1.29, 1.82) is 0 Å². The number of benzene rings is 2. The molecule has 0 aliphatic carbocycles. The lowest BCUT2D eigenvalue weighted by molar-refractivity contribution is 0.102. The standard InChI is InChI=1S/C16H16BrNO3/c17-12-6-7-14(15(20)10-12)16(21)18-13-5-1-3-11(9-13)4-2-8-19/h1,3,5-7,9-10,19-20H,2,4,8H2,(H,18,21). The first kappa shape index (κ1) is 15.5. The molecule has 21 heavy (non-hydrogen) atoms. The van der Waals surface area contributed by atoms with E-state index in [1.165, 1.54) is 6.07 Å². The van der Waals surface area contributed by atoms with E-state index < -0.39 is 0 Å². The number of aromatic hydroxyl groups is 1. The molecule has 2 aromatic rings. The first-order valence-electron chi connectivity index (χ1n) is 6.60. The zero-order valence-corrected chi connectivity index (χ0v) is 12.9. The van der Waals surface area contributed by atoms with Gasteiger partial charge in [-0.15, -0.1) is 0 Å². The van der Waals surface area contributed by atoms with Crippen LogP contribution in [0.2, 0.25) is 0 Å². The van der Waals surface area contributed by atoms with Gasteiger partial charge in [0.05, 0.1) is 5.56 Å². The number of phenols is 1. The summed E-state index contributed by atoms with van der Waals surface area (Å²) in [5.74, 6) is -0.433. The van der Waals surface area contributed by atoms with Crippen molar-refractivity contribution in [3.8, 4) is 5.75 Å². The van der Waals surface area contributed by atoms with Crippen LogP contribution in [-0.4, -0.2) is 22.7 Å². The smallest absolute Gasteiger partial charge is 0.259 e. The number of halogens is 1. The van der Waals surface area contributed by atoms with Crippen molar-refractivity contribution >= 4 is 27.5 Å². The zero-order chi connectivity index (χ0) is 15.2. The molecule has 0 saturated heterocycles. The Morgan fingerprint density at radius 3 is 2.71 bits per heavy atom. The van der Waals surface area contributed by atoms with Gasteiger partial charge in [-0.25, -0.2) is 0 Å². The van der Waals surface area contributed by atoms with Crippen LogP contribution in [0, 0.1) is 0 Å². The highest BCUT2D eigenvalue weighted by Gasteiger charge is 2.11. The molecule has 0 aromatic heterocycles. The minimum atomic E-state index is -0.362. The fraction of sp³-hybridized carbons (Fsp3) is 0.188. The molecular formula is C16H16BrNO3. The average Bonchev–Trinajstić information content (AvgIpc) is 2.45. The van der Waals surface area contributed by atoms with E-state index in [0.717, 1.165) is 12.0 Å². The molecule has 0 aliphatic rings. The summed E-state index contributed by atoms with van der Waals surface area (Å²) in [6.45, 7) is 0.142. The summed E-state index contributed by atoms with van der Waals surface area (Å²) < 4.78 is 0.711. The summed E-state index contributed by atoms with van der Waals surface area (Å²) >= 11 is 3.23. The molecule has 0 fully saturated rings. The van der Waals surface area contributed by atoms with Crippen molar-refractivity contribution in [3.63, 3.8) is 0 Å². The molecule has 0 unspecified atom stereocenters. The number of aryl methyl sites for hydroxylation is 1. The first-order valence-corrected chi connectivity index (χ1v) is 7.39. The van der Waals surface area contributed by atoms with Gasteiger partial charge in [-0.05, 0) is 48.7 Å². The van der Waals surface area contributed by atoms with Crippen LogP contribution in [0.25, 0.3) is 0 Å². The van der Waals surface area contributed by atoms with Gasteiger partial charge < -0.3 is 15.5 Å². The van der Waals surface area contributed by atoms with E-state index >= 15 is 0 Å². The number of hydrogen-bond acceptors (Lipinski definition) is 3. The molecule has 4 nitrogen and oxygen atoms in total. The Balaban J connectivity index is 2.12. The van der Waals surface area contributed by atoms with Crippen molar-refractivity contribution in [2.45, 2.75) is 12.8 Å². The normalized spacial score (nSPS) is 10.4. The van der Waals surface area contributed by atoms with Gasteiger partial charge in [0.25, 0.3) is 5.91 Å². The number of rotatable bonds is 5. The Labute approximate surface area is 131 Å². The van der Waals surface area contributed by atoms with Crippen LogP contribution < -0.4 is 5.32 Å². The number of hydrogen-bond donors (Lipinski definition) is 3. The Hall–Kier alpha value is -1.85. The molecule has 0 aliphatic heterocycles. The molecule has 0 bridgehead atoms. The van der Waals surface area contributed by atoms with E-state index in [9.17, 15) is 9.90 Å². The number of aliphatic hydroxyl groups is 1. The van der Waals surface area contributed by atoms with Gasteiger partial charge in [0.1, 0.15) is 5.75 Å². The lowest BCUT2D eigenvalue weighted by Crippen LogP contribution is -2.12. The van der Waals surface area contributed by atoms with Crippen LogP contribution in [0.3, 0.4) is 0 Å². The number of carbonyl (C=O) groups is 1. The second-order valence-electron chi connectivity index (χ2n) is 4.64. The topological polar surface area (TPSA) is 69.6 Å². The van der Waals surface area contributed by atoms with E-state index in [0.29, 0.717) is 16.6 Å². The third-order valence-electron chi connectivity index (χ3n) is 3.01. The van der Waals surface area contributed by atoms with Crippen LogP contribution in [-0.2, 0) is 6.42 Å². The van der Waals surface area contributed by atoms with Gasteiger partial charge in [-0.3, -0.25) is 4.79 Å². The molecule has 0 saturated carbocycles.